The number of halogens is 1. The predicted molar refractivity (Wildman–Crippen MR) is 49.7 cm³/mol. The summed E-state index contributed by atoms with van der Waals surface area (Å²) in [7, 11) is 3.21. The highest BCUT2D eigenvalue weighted by Gasteiger charge is 2.23. The predicted octanol–water partition coefficient (Wildman–Crippen LogP) is 1.27. The summed E-state index contributed by atoms with van der Waals surface area (Å²) in [4.78, 5) is 13.0. The van der Waals surface area contributed by atoms with Crippen LogP contribution < -0.4 is 0 Å². The molecular weight excluding hydrogens is 222 g/mol. The molecule has 0 aromatic carbocycles. The van der Waals surface area contributed by atoms with E-state index in [0.29, 0.717) is 0 Å². The maximum absolute atomic E-state index is 11.2. The van der Waals surface area contributed by atoms with Crippen molar-refractivity contribution in [1.29, 1.82) is 0 Å². The molecule has 0 aromatic heterocycles. The topological polar surface area (TPSA) is 29.5 Å². The number of likely N-dealkylation sites (N-methyl/N-ethyl adjacent to an activating group) is 1. The first kappa shape index (κ1) is 9.32. The van der Waals surface area contributed by atoms with E-state index in [1.165, 1.54) is 7.11 Å². The second kappa shape index (κ2) is 3.76. The van der Waals surface area contributed by atoms with Crippen LogP contribution in [-0.4, -0.2) is 31.1 Å². The highest BCUT2D eigenvalue weighted by Crippen LogP contribution is 2.19. The summed E-state index contributed by atoms with van der Waals surface area (Å²) in [6.45, 7) is 0. The highest BCUT2D eigenvalue weighted by molar-refractivity contribution is 9.11. The lowest BCUT2D eigenvalue weighted by molar-refractivity contribution is -0.143. The van der Waals surface area contributed by atoms with E-state index in [9.17, 15) is 4.79 Å². The molecule has 1 atom stereocenters. The molecule has 0 aliphatic carbocycles. The number of rotatable bonds is 1. The summed E-state index contributed by atoms with van der Waals surface area (Å²) in [5, 5.41) is 0. The van der Waals surface area contributed by atoms with Crippen molar-refractivity contribution in [3.63, 3.8) is 0 Å². The number of carbonyl (C=O) groups is 1. The Labute approximate surface area is 79.8 Å². The van der Waals surface area contributed by atoms with Crippen molar-refractivity contribution in [1.82, 2.24) is 4.90 Å². The molecule has 0 saturated carbocycles. The van der Waals surface area contributed by atoms with E-state index in [4.69, 9.17) is 0 Å². The molecule has 1 aliphatic rings. The van der Waals surface area contributed by atoms with Crippen LogP contribution in [0.4, 0.5) is 0 Å². The molecule has 0 bridgehead atoms. The summed E-state index contributed by atoms with van der Waals surface area (Å²) in [6.07, 6.45) is 5.49. The minimum absolute atomic E-state index is 0.251. The Balaban J connectivity index is 2.76. The van der Waals surface area contributed by atoms with Crippen LogP contribution in [0.3, 0.4) is 0 Å². The van der Waals surface area contributed by atoms with Crippen molar-refractivity contribution < 1.29 is 9.53 Å². The van der Waals surface area contributed by atoms with Crippen molar-refractivity contribution in [2.75, 3.05) is 14.2 Å². The number of hydrogen-bond donors (Lipinski definition) is 0. The van der Waals surface area contributed by atoms with Gasteiger partial charge in [0.25, 0.3) is 0 Å². The third kappa shape index (κ3) is 1.69. The molecule has 4 heteroatoms. The van der Waals surface area contributed by atoms with Gasteiger partial charge in [-0.25, -0.2) is 4.79 Å². The Hall–Kier alpha value is -0.770. The summed E-state index contributed by atoms with van der Waals surface area (Å²) in [5.41, 5.74) is 0. The van der Waals surface area contributed by atoms with Crippen LogP contribution in [0, 0.1) is 0 Å². The molecule has 1 aliphatic heterocycles. The SMILES string of the molecule is COC(=O)C1C=CC=C(Br)N1C. The molecule has 0 saturated heterocycles. The Morgan fingerprint density at radius 3 is 3.00 bits per heavy atom. The van der Waals surface area contributed by atoms with Crippen LogP contribution in [0.25, 0.3) is 0 Å². The van der Waals surface area contributed by atoms with Crippen LogP contribution in [0.15, 0.2) is 22.8 Å². The van der Waals surface area contributed by atoms with E-state index in [2.05, 4.69) is 20.7 Å². The van der Waals surface area contributed by atoms with Crippen LogP contribution >= 0.6 is 15.9 Å². The van der Waals surface area contributed by atoms with Gasteiger partial charge in [-0.15, -0.1) is 0 Å². The second-order valence-corrected chi connectivity index (χ2v) is 3.27. The fourth-order valence-electron chi connectivity index (χ4n) is 0.977. The molecule has 66 valence electrons. The molecule has 1 unspecified atom stereocenters. The fraction of sp³-hybridized carbons (Fsp3) is 0.375. The summed E-state index contributed by atoms with van der Waals surface area (Å²) in [6, 6.07) is -0.311. The van der Waals surface area contributed by atoms with Crippen molar-refractivity contribution in [2.24, 2.45) is 0 Å². The minimum Gasteiger partial charge on any atom is -0.467 e. The van der Waals surface area contributed by atoms with Gasteiger partial charge in [0.15, 0.2) is 0 Å². The molecule has 0 N–H and O–H groups in total. The standard InChI is InChI=1S/C8H10BrNO2/c1-10-6(8(11)12-2)4-3-5-7(10)9/h3-6H,1-2H3. The lowest BCUT2D eigenvalue weighted by Gasteiger charge is -2.26. The number of nitrogens with zero attached hydrogens (tertiary/aromatic N) is 1. The van der Waals surface area contributed by atoms with Gasteiger partial charge in [0.2, 0.25) is 0 Å². The largest absolute Gasteiger partial charge is 0.467 e. The highest BCUT2D eigenvalue weighted by atomic mass is 79.9. The van der Waals surface area contributed by atoms with Crippen molar-refractivity contribution in [2.45, 2.75) is 6.04 Å². The number of hydrogen-bond acceptors (Lipinski definition) is 3. The van der Waals surface area contributed by atoms with E-state index in [-0.39, 0.29) is 12.0 Å². The lowest BCUT2D eigenvalue weighted by Crippen LogP contribution is -2.37. The Morgan fingerprint density at radius 1 is 1.75 bits per heavy atom. The first-order chi connectivity index (χ1) is 5.66. The quantitative estimate of drug-likeness (QED) is 0.503. The zero-order chi connectivity index (χ0) is 9.14. The Morgan fingerprint density at radius 2 is 2.42 bits per heavy atom. The third-order valence-electron chi connectivity index (χ3n) is 1.72. The average molecular weight is 232 g/mol. The van der Waals surface area contributed by atoms with Crippen LogP contribution in [0.1, 0.15) is 0 Å². The lowest BCUT2D eigenvalue weighted by atomic mass is 10.2. The van der Waals surface area contributed by atoms with E-state index < -0.39 is 0 Å². The van der Waals surface area contributed by atoms with Gasteiger partial charge < -0.3 is 9.64 Å². The van der Waals surface area contributed by atoms with Crippen LogP contribution in [0.2, 0.25) is 0 Å². The molecule has 0 amide bonds. The van der Waals surface area contributed by atoms with Gasteiger partial charge in [-0.2, -0.15) is 0 Å². The number of esters is 1. The molecule has 1 rings (SSSR count). The molecule has 3 nitrogen and oxygen atoms in total. The summed E-state index contributed by atoms with van der Waals surface area (Å²) >= 11 is 3.32. The maximum Gasteiger partial charge on any atom is 0.332 e. The number of allylic oxidation sites excluding steroid dienone is 2. The molecule has 0 spiro atoms. The van der Waals surface area contributed by atoms with Gasteiger partial charge in [-0.1, -0.05) is 12.2 Å². The first-order valence-electron chi connectivity index (χ1n) is 3.51. The normalized spacial score (nSPS) is 22.1. The van der Waals surface area contributed by atoms with Crippen molar-refractivity contribution >= 4 is 21.9 Å². The van der Waals surface area contributed by atoms with Gasteiger partial charge in [-0.05, 0) is 22.0 Å². The molecule has 0 aromatic rings. The van der Waals surface area contributed by atoms with Gasteiger partial charge in [-0.3, -0.25) is 0 Å². The molecular formula is C8H10BrNO2. The molecule has 0 radical (unpaired) electrons. The van der Waals surface area contributed by atoms with E-state index in [1.54, 1.807) is 11.0 Å². The number of methoxy groups -OCH3 is 1. The van der Waals surface area contributed by atoms with Crippen molar-refractivity contribution in [3.8, 4) is 0 Å². The second-order valence-electron chi connectivity index (χ2n) is 2.45. The molecule has 1 heterocycles. The zero-order valence-electron chi connectivity index (χ0n) is 6.95. The van der Waals surface area contributed by atoms with Crippen LogP contribution in [0.5, 0.6) is 0 Å². The van der Waals surface area contributed by atoms with Gasteiger partial charge >= 0.3 is 5.97 Å². The minimum atomic E-state index is -0.311. The van der Waals surface area contributed by atoms with Gasteiger partial charge in [0.1, 0.15) is 6.04 Å². The van der Waals surface area contributed by atoms with E-state index in [1.807, 2.05) is 19.2 Å². The smallest absolute Gasteiger partial charge is 0.332 e. The Kier molecular flexibility index (Phi) is 2.92. The number of carbonyl (C=O) groups excluding carboxylic acids is 1. The van der Waals surface area contributed by atoms with Crippen molar-refractivity contribution in [3.05, 3.63) is 22.8 Å². The zero-order valence-corrected chi connectivity index (χ0v) is 8.54. The van der Waals surface area contributed by atoms with E-state index in [0.717, 1.165) is 4.61 Å². The first-order valence-corrected chi connectivity index (χ1v) is 4.30. The molecule has 12 heavy (non-hydrogen) atoms. The summed E-state index contributed by atoms with van der Waals surface area (Å²) < 4.78 is 5.50. The third-order valence-corrected chi connectivity index (χ3v) is 2.55. The Bertz CT molecular complexity index is 247. The van der Waals surface area contributed by atoms with Crippen LogP contribution in [-0.2, 0) is 9.53 Å². The van der Waals surface area contributed by atoms with Gasteiger partial charge in [0, 0.05) is 7.05 Å². The monoisotopic (exact) mass is 231 g/mol. The van der Waals surface area contributed by atoms with Gasteiger partial charge in [0.05, 0.1) is 11.7 Å². The van der Waals surface area contributed by atoms with E-state index >= 15 is 0 Å². The number of ether oxygens (including phenoxy) is 1. The maximum atomic E-state index is 11.2. The fourth-order valence-corrected chi connectivity index (χ4v) is 1.35. The summed E-state index contributed by atoms with van der Waals surface area (Å²) in [5.74, 6) is -0.251. The average Bonchev–Trinajstić information content (AvgIpc) is 2.08. The molecule has 0 fully saturated rings.